The predicted octanol–water partition coefficient (Wildman–Crippen LogP) is 2.14. The summed E-state index contributed by atoms with van der Waals surface area (Å²) in [6.07, 6.45) is 7.48. The molecule has 0 amide bonds. The van der Waals surface area contributed by atoms with Crippen molar-refractivity contribution < 1.29 is 5.11 Å². The Kier molecular flexibility index (Phi) is 3.14. The van der Waals surface area contributed by atoms with Gasteiger partial charge < -0.3 is 10.4 Å². The molecule has 102 valence electrons. The van der Waals surface area contributed by atoms with Gasteiger partial charge in [0.1, 0.15) is 0 Å². The Hall–Kier alpha value is -1.62. The van der Waals surface area contributed by atoms with Crippen LogP contribution in [0.3, 0.4) is 0 Å². The number of anilines is 1. The molecule has 5 nitrogen and oxygen atoms in total. The average molecular weight is 260 g/mol. The highest BCUT2D eigenvalue weighted by Gasteiger charge is 2.32. The molecule has 0 bridgehead atoms. The largest absolute Gasteiger partial charge is 0.394 e. The molecule has 0 aliphatic heterocycles. The molecule has 2 aromatic rings. The quantitative estimate of drug-likeness (QED) is 0.887. The number of hydrogen-bond acceptors (Lipinski definition) is 4. The minimum atomic E-state index is -0.238. The maximum atomic E-state index is 9.70. The lowest BCUT2D eigenvalue weighted by molar-refractivity contribution is 0.172. The van der Waals surface area contributed by atoms with Crippen molar-refractivity contribution in [2.75, 3.05) is 11.9 Å². The molecule has 3 rings (SSSR count). The Morgan fingerprint density at radius 3 is 2.84 bits per heavy atom. The van der Waals surface area contributed by atoms with Crippen LogP contribution in [0.1, 0.15) is 37.7 Å². The molecule has 5 heteroatoms. The van der Waals surface area contributed by atoms with Gasteiger partial charge in [-0.2, -0.15) is 4.98 Å². The van der Waals surface area contributed by atoms with Gasteiger partial charge in [0.2, 0.25) is 5.95 Å². The van der Waals surface area contributed by atoms with Crippen LogP contribution in [0.25, 0.3) is 5.65 Å². The fourth-order valence-electron chi connectivity index (χ4n) is 2.83. The molecule has 1 aliphatic rings. The Balaban J connectivity index is 1.87. The second-order valence-corrected chi connectivity index (χ2v) is 5.57. The lowest BCUT2D eigenvalue weighted by Crippen LogP contribution is -2.44. The molecule has 0 unspecified atom stereocenters. The van der Waals surface area contributed by atoms with Gasteiger partial charge in [0.25, 0.3) is 0 Å². The van der Waals surface area contributed by atoms with E-state index in [4.69, 9.17) is 0 Å². The van der Waals surface area contributed by atoms with E-state index in [2.05, 4.69) is 15.4 Å². The Labute approximate surface area is 112 Å². The zero-order chi connectivity index (χ0) is 13.3. The summed E-state index contributed by atoms with van der Waals surface area (Å²) < 4.78 is 1.78. The second-order valence-electron chi connectivity index (χ2n) is 5.57. The number of nitrogens with zero attached hydrogens (tertiary/aromatic N) is 3. The zero-order valence-corrected chi connectivity index (χ0v) is 11.3. The van der Waals surface area contributed by atoms with Gasteiger partial charge in [-0.05, 0) is 31.4 Å². The fraction of sp³-hybridized carbons (Fsp3) is 0.571. The number of aryl methyl sites for hydroxylation is 1. The highest BCUT2D eigenvalue weighted by atomic mass is 16.3. The van der Waals surface area contributed by atoms with Crippen LogP contribution in [-0.4, -0.2) is 31.9 Å². The van der Waals surface area contributed by atoms with E-state index in [-0.39, 0.29) is 12.1 Å². The highest BCUT2D eigenvalue weighted by Crippen LogP contribution is 2.30. The number of fused-ring (bicyclic) bond motifs is 1. The summed E-state index contributed by atoms with van der Waals surface area (Å²) in [5, 5.41) is 17.5. The minimum Gasteiger partial charge on any atom is -0.394 e. The van der Waals surface area contributed by atoms with Gasteiger partial charge >= 0.3 is 0 Å². The van der Waals surface area contributed by atoms with Crippen LogP contribution in [0.5, 0.6) is 0 Å². The fourth-order valence-corrected chi connectivity index (χ4v) is 2.83. The van der Waals surface area contributed by atoms with Crippen molar-refractivity contribution in [3.63, 3.8) is 0 Å². The summed E-state index contributed by atoms with van der Waals surface area (Å²) in [7, 11) is 0. The summed E-state index contributed by atoms with van der Waals surface area (Å²) in [6.45, 7) is 2.17. The van der Waals surface area contributed by atoms with E-state index < -0.39 is 0 Å². The molecule has 0 spiro atoms. The van der Waals surface area contributed by atoms with Gasteiger partial charge in [0.05, 0.1) is 12.1 Å². The highest BCUT2D eigenvalue weighted by molar-refractivity contribution is 5.45. The molecular formula is C14H20N4O. The van der Waals surface area contributed by atoms with Gasteiger partial charge in [-0.15, -0.1) is 5.10 Å². The molecular weight excluding hydrogens is 240 g/mol. The normalized spacial score (nSPS) is 18.6. The SMILES string of the molecule is Cc1ccc2nc(NC3(CO)CCCCC3)nn2c1. The van der Waals surface area contributed by atoms with Crippen molar-refractivity contribution in [2.24, 2.45) is 0 Å². The average Bonchev–Trinajstić information content (AvgIpc) is 2.81. The summed E-state index contributed by atoms with van der Waals surface area (Å²) in [6, 6.07) is 3.98. The van der Waals surface area contributed by atoms with E-state index in [1.807, 2.05) is 25.3 Å². The summed E-state index contributed by atoms with van der Waals surface area (Å²) in [5.41, 5.74) is 1.74. The zero-order valence-electron chi connectivity index (χ0n) is 11.3. The van der Waals surface area contributed by atoms with E-state index >= 15 is 0 Å². The number of aliphatic hydroxyl groups excluding tert-OH is 1. The monoisotopic (exact) mass is 260 g/mol. The number of nitrogens with one attached hydrogen (secondary N) is 1. The van der Waals surface area contributed by atoms with Crippen molar-refractivity contribution in [1.29, 1.82) is 0 Å². The molecule has 0 atom stereocenters. The van der Waals surface area contributed by atoms with Crippen LogP contribution in [-0.2, 0) is 0 Å². The van der Waals surface area contributed by atoms with E-state index in [1.54, 1.807) is 4.52 Å². The first-order valence-corrected chi connectivity index (χ1v) is 6.93. The van der Waals surface area contributed by atoms with Crippen molar-refractivity contribution in [3.05, 3.63) is 23.9 Å². The standard InChI is InChI=1S/C14H20N4O/c1-11-5-6-12-15-13(17-18(12)9-11)16-14(10-19)7-3-2-4-8-14/h5-6,9,19H,2-4,7-8,10H2,1H3,(H,16,17). The number of rotatable bonds is 3. The first kappa shape index (κ1) is 12.4. The van der Waals surface area contributed by atoms with Gasteiger partial charge in [0.15, 0.2) is 5.65 Å². The van der Waals surface area contributed by atoms with E-state index in [1.165, 1.54) is 6.42 Å². The number of aromatic nitrogens is 3. The molecule has 0 saturated heterocycles. The molecule has 2 aromatic heterocycles. The number of hydrogen-bond donors (Lipinski definition) is 2. The third kappa shape index (κ3) is 2.42. The molecule has 1 fully saturated rings. The summed E-state index contributed by atoms with van der Waals surface area (Å²) in [5.74, 6) is 0.613. The molecule has 19 heavy (non-hydrogen) atoms. The molecule has 1 saturated carbocycles. The van der Waals surface area contributed by atoms with Crippen molar-refractivity contribution in [2.45, 2.75) is 44.6 Å². The molecule has 0 radical (unpaired) electrons. The first-order chi connectivity index (χ1) is 9.21. The van der Waals surface area contributed by atoms with Crippen molar-refractivity contribution in [1.82, 2.24) is 14.6 Å². The molecule has 1 aliphatic carbocycles. The van der Waals surface area contributed by atoms with Crippen LogP contribution in [0.4, 0.5) is 5.95 Å². The maximum absolute atomic E-state index is 9.70. The number of pyridine rings is 1. The van der Waals surface area contributed by atoms with Gasteiger partial charge in [-0.25, -0.2) is 4.52 Å². The number of aliphatic hydroxyl groups is 1. The van der Waals surface area contributed by atoms with Crippen molar-refractivity contribution >= 4 is 11.6 Å². The van der Waals surface area contributed by atoms with E-state index in [0.29, 0.717) is 5.95 Å². The molecule has 2 N–H and O–H groups in total. The second kappa shape index (κ2) is 4.81. The Bertz CT molecular complexity index is 572. The van der Waals surface area contributed by atoms with Gasteiger partial charge in [-0.1, -0.05) is 25.3 Å². The minimum absolute atomic E-state index is 0.140. The van der Waals surface area contributed by atoms with Crippen LogP contribution in [0.2, 0.25) is 0 Å². The van der Waals surface area contributed by atoms with Crippen LogP contribution < -0.4 is 5.32 Å². The third-order valence-corrected chi connectivity index (χ3v) is 3.97. The van der Waals surface area contributed by atoms with Gasteiger partial charge in [0, 0.05) is 6.20 Å². The lowest BCUT2D eigenvalue weighted by Gasteiger charge is -2.35. The predicted molar refractivity (Wildman–Crippen MR) is 74.2 cm³/mol. The van der Waals surface area contributed by atoms with Crippen LogP contribution in [0, 0.1) is 6.92 Å². The summed E-state index contributed by atoms with van der Waals surface area (Å²) >= 11 is 0. The van der Waals surface area contributed by atoms with Crippen LogP contribution in [0.15, 0.2) is 18.3 Å². The smallest absolute Gasteiger partial charge is 0.243 e. The topological polar surface area (TPSA) is 62.5 Å². The van der Waals surface area contributed by atoms with E-state index in [9.17, 15) is 5.11 Å². The van der Waals surface area contributed by atoms with E-state index in [0.717, 1.165) is 36.9 Å². The Morgan fingerprint density at radius 1 is 1.32 bits per heavy atom. The Morgan fingerprint density at radius 2 is 2.11 bits per heavy atom. The molecule has 0 aromatic carbocycles. The van der Waals surface area contributed by atoms with Gasteiger partial charge in [-0.3, -0.25) is 0 Å². The summed E-state index contributed by atoms with van der Waals surface area (Å²) in [4.78, 5) is 4.47. The third-order valence-electron chi connectivity index (χ3n) is 3.97. The first-order valence-electron chi connectivity index (χ1n) is 6.93. The van der Waals surface area contributed by atoms with Crippen LogP contribution >= 0.6 is 0 Å². The maximum Gasteiger partial charge on any atom is 0.243 e. The lowest BCUT2D eigenvalue weighted by atomic mass is 9.82. The molecule has 2 heterocycles. The van der Waals surface area contributed by atoms with Crippen molar-refractivity contribution in [3.8, 4) is 0 Å².